The SMILES string of the molecule is C=CCNC(=O)COc1c(C)cc(CNCC)cc1C. The zero-order valence-corrected chi connectivity index (χ0v) is 12.6. The van der Waals surface area contributed by atoms with E-state index in [-0.39, 0.29) is 12.5 Å². The molecule has 1 aromatic carbocycles. The molecule has 20 heavy (non-hydrogen) atoms. The summed E-state index contributed by atoms with van der Waals surface area (Å²) in [5.41, 5.74) is 3.33. The van der Waals surface area contributed by atoms with E-state index in [0.717, 1.165) is 30.0 Å². The summed E-state index contributed by atoms with van der Waals surface area (Å²) in [5.74, 6) is 0.652. The Bertz CT molecular complexity index is 447. The van der Waals surface area contributed by atoms with Crippen LogP contribution in [0.15, 0.2) is 24.8 Å². The molecular weight excluding hydrogens is 252 g/mol. The molecule has 4 heteroatoms. The van der Waals surface area contributed by atoms with Crippen LogP contribution in [0.1, 0.15) is 23.6 Å². The van der Waals surface area contributed by atoms with Crippen LogP contribution in [0.2, 0.25) is 0 Å². The largest absolute Gasteiger partial charge is 0.483 e. The number of nitrogens with one attached hydrogen (secondary N) is 2. The molecule has 1 rings (SSSR count). The van der Waals surface area contributed by atoms with Crippen molar-refractivity contribution < 1.29 is 9.53 Å². The molecule has 2 N–H and O–H groups in total. The van der Waals surface area contributed by atoms with Crippen LogP contribution < -0.4 is 15.4 Å². The number of benzene rings is 1. The highest BCUT2D eigenvalue weighted by molar-refractivity contribution is 5.77. The van der Waals surface area contributed by atoms with Crippen LogP contribution in [0.3, 0.4) is 0 Å². The molecule has 1 aromatic rings. The molecule has 0 fully saturated rings. The van der Waals surface area contributed by atoms with Crippen LogP contribution in [0, 0.1) is 13.8 Å². The first-order chi connectivity index (χ1) is 9.58. The first kappa shape index (κ1) is 16.2. The maximum absolute atomic E-state index is 11.5. The van der Waals surface area contributed by atoms with Crippen molar-refractivity contribution in [2.24, 2.45) is 0 Å². The van der Waals surface area contributed by atoms with E-state index >= 15 is 0 Å². The molecule has 4 nitrogen and oxygen atoms in total. The molecule has 0 saturated heterocycles. The molecule has 0 aromatic heterocycles. The first-order valence-electron chi connectivity index (χ1n) is 6.89. The maximum atomic E-state index is 11.5. The van der Waals surface area contributed by atoms with Gasteiger partial charge in [-0.25, -0.2) is 0 Å². The number of amides is 1. The lowest BCUT2D eigenvalue weighted by atomic mass is 10.1. The summed E-state index contributed by atoms with van der Waals surface area (Å²) in [6.45, 7) is 11.9. The zero-order chi connectivity index (χ0) is 15.0. The standard InChI is InChI=1S/C16H24N2O2/c1-5-7-18-15(19)11-20-16-12(3)8-14(9-13(16)4)10-17-6-2/h5,8-9,17H,1,6-7,10-11H2,2-4H3,(H,18,19). The van der Waals surface area contributed by atoms with Crippen molar-refractivity contribution in [2.75, 3.05) is 19.7 Å². The quantitative estimate of drug-likeness (QED) is 0.715. The Hall–Kier alpha value is -1.81. The second-order valence-electron chi connectivity index (χ2n) is 4.72. The fourth-order valence-corrected chi connectivity index (χ4v) is 2.01. The molecule has 0 bridgehead atoms. The second kappa shape index (κ2) is 8.38. The van der Waals surface area contributed by atoms with Gasteiger partial charge in [-0.05, 0) is 37.1 Å². The van der Waals surface area contributed by atoms with Crippen LogP contribution in [-0.4, -0.2) is 25.6 Å². The molecule has 0 heterocycles. The van der Waals surface area contributed by atoms with Crippen LogP contribution in [-0.2, 0) is 11.3 Å². The topological polar surface area (TPSA) is 50.4 Å². The number of hydrogen-bond acceptors (Lipinski definition) is 3. The van der Waals surface area contributed by atoms with Crippen molar-refractivity contribution >= 4 is 5.91 Å². The minimum atomic E-state index is -0.138. The number of carbonyl (C=O) groups is 1. The summed E-state index contributed by atoms with van der Waals surface area (Å²) in [4.78, 5) is 11.5. The van der Waals surface area contributed by atoms with Gasteiger partial charge in [0.1, 0.15) is 5.75 Å². The van der Waals surface area contributed by atoms with Crippen LogP contribution in [0.25, 0.3) is 0 Å². The average molecular weight is 276 g/mol. The van der Waals surface area contributed by atoms with Gasteiger partial charge in [-0.3, -0.25) is 4.79 Å². The molecule has 0 unspecified atom stereocenters. The van der Waals surface area contributed by atoms with Gasteiger partial charge >= 0.3 is 0 Å². The third-order valence-corrected chi connectivity index (χ3v) is 2.89. The molecular formula is C16H24N2O2. The molecule has 1 amide bonds. The maximum Gasteiger partial charge on any atom is 0.258 e. The van der Waals surface area contributed by atoms with Crippen LogP contribution >= 0.6 is 0 Å². The van der Waals surface area contributed by atoms with E-state index in [1.165, 1.54) is 5.56 Å². The molecule has 0 aliphatic carbocycles. The van der Waals surface area contributed by atoms with Gasteiger partial charge in [0, 0.05) is 13.1 Å². The van der Waals surface area contributed by atoms with Gasteiger partial charge in [0.15, 0.2) is 6.61 Å². The van der Waals surface area contributed by atoms with Gasteiger partial charge in [-0.2, -0.15) is 0 Å². The minimum Gasteiger partial charge on any atom is -0.483 e. The van der Waals surface area contributed by atoms with Crippen LogP contribution in [0.5, 0.6) is 5.75 Å². The Morgan fingerprint density at radius 2 is 2.00 bits per heavy atom. The fraction of sp³-hybridized carbons (Fsp3) is 0.438. The van der Waals surface area contributed by atoms with Crippen molar-refractivity contribution in [2.45, 2.75) is 27.3 Å². The average Bonchev–Trinajstić information content (AvgIpc) is 2.41. The summed E-state index contributed by atoms with van der Waals surface area (Å²) in [5, 5.41) is 5.99. The number of rotatable bonds is 8. The highest BCUT2D eigenvalue weighted by atomic mass is 16.5. The van der Waals surface area contributed by atoms with E-state index in [1.807, 2.05) is 13.8 Å². The minimum absolute atomic E-state index is 0.0298. The van der Waals surface area contributed by atoms with E-state index in [2.05, 4.69) is 36.3 Å². The lowest BCUT2D eigenvalue weighted by molar-refractivity contribution is -0.122. The summed E-state index contributed by atoms with van der Waals surface area (Å²) in [6.07, 6.45) is 1.64. The smallest absolute Gasteiger partial charge is 0.258 e. The fourth-order valence-electron chi connectivity index (χ4n) is 2.01. The Morgan fingerprint density at radius 3 is 2.55 bits per heavy atom. The van der Waals surface area contributed by atoms with Crippen molar-refractivity contribution in [3.05, 3.63) is 41.5 Å². The van der Waals surface area contributed by atoms with E-state index in [9.17, 15) is 4.79 Å². The van der Waals surface area contributed by atoms with Crippen molar-refractivity contribution in [1.29, 1.82) is 0 Å². The van der Waals surface area contributed by atoms with E-state index < -0.39 is 0 Å². The molecule has 0 spiro atoms. The van der Waals surface area contributed by atoms with Crippen molar-refractivity contribution in [1.82, 2.24) is 10.6 Å². The summed E-state index contributed by atoms with van der Waals surface area (Å²) < 4.78 is 5.62. The van der Waals surface area contributed by atoms with E-state index in [1.54, 1.807) is 6.08 Å². The van der Waals surface area contributed by atoms with Crippen LogP contribution in [0.4, 0.5) is 0 Å². The summed E-state index contributed by atoms with van der Waals surface area (Å²) in [6, 6.07) is 4.18. The summed E-state index contributed by atoms with van der Waals surface area (Å²) in [7, 11) is 0. The molecule has 0 aliphatic rings. The predicted octanol–water partition coefficient (Wildman–Crippen LogP) is 2.09. The number of hydrogen-bond donors (Lipinski definition) is 2. The van der Waals surface area contributed by atoms with Gasteiger partial charge in [0.2, 0.25) is 0 Å². The Labute approximate surface area is 121 Å². The van der Waals surface area contributed by atoms with Gasteiger partial charge in [-0.15, -0.1) is 6.58 Å². The predicted molar refractivity (Wildman–Crippen MR) is 82.0 cm³/mol. The third kappa shape index (κ3) is 5.05. The van der Waals surface area contributed by atoms with Crippen molar-refractivity contribution in [3.63, 3.8) is 0 Å². The van der Waals surface area contributed by atoms with Gasteiger partial charge < -0.3 is 15.4 Å². The highest BCUT2D eigenvalue weighted by Crippen LogP contribution is 2.24. The molecule has 0 radical (unpaired) electrons. The Kier molecular flexibility index (Phi) is 6.81. The monoisotopic (exact) mass is 276 g/mol. The number of carbonyl (C=O) groups excluding carboxylic acids is 1. The van der Waals surface area contributed by atoms with Gasteiger partial charge in [0.25, 0.3) is 5.91 Å². The van der Waals surface area contributed by atoms with Gasteiger partial charge in [-0.1, -0.05) is 25.1 Å². The molecule has 0 atom stereocenters. The lowest BCUT2D eigenvalue weighted by Gasteiger charge is -2.14. The molecule has 110 valence electrons. The van der Waals surface area contributed by atoms with E-state index in [0.29, 0.717) is 6.54 Å². The Balaban J connectivity index is 2.66. The second-order valence-corrected chi connectivity index (χ2v) is 4.72. The third-order valence-electron chi connectivity index (χ3n) is 2.89. The van der Waals surface area contributed by atoms with Crippen molar-refractivity contribution in [3.8, 4) is 5.75 Å². The Morgan fingerprint density at radius 1 is 1.35 bits per heavy atom. The molecule has 0 saturated carbocycles. The lowest BCUT2D eigenvalue weighted by Crippen LogP contribution is -2.29. The van der Waals surface area contributed by atoms with E-state index in [4.69, 9.17) is 4.74 Å². The number of aryl methyl sites for hydroxylation is 2. The number of ether oxygens (including phenoxy) is 1. The summed E-state index contributed by atoms with van der Waals surface area (Å²) >= 11 is 0. The molecule has 0 aliphatic heterocycles. The zero-order valence-electron chi connectivity index (χ0n) is 12.6. The first-order valence-corrected chi connectivity index (χ1v) is 6.89. The van der Waals surface area contributed by atoms with Gasteiger partial charge in [0.05, 0.1) is 0 Å². The highest BCUT2D eigenvalue weighted by Gasteiger charge is 2.08. The normalized spacial score (nSPS) is 10.2.